The highest BCUT2D eigenvalue weighted by molar-refractivity contribution is 9.10. The molecule has 0 spiro atoms. The van der Waals surface area contributed by atoms with Crippen LogP contribution in [-0.2, 0) is 9.59 Å². The van der Waals surface area contributed by atoms with Crippen molar-refractivity contribution in [2.24, 2.45) is 0 Å². The van der Waals surface area contributed by atoms with E-state index in [2.05, 4.69) is 26.6 Å². The van der Waals surface area contributed by atoms with E-state index < -0.39 is 5.25 Å². The average molecular weight is 345 g/mol. The lowest BCUT2D eigenvalue weighted by Gasteiger charge is -2.08. The highest BCUT2D eigenvalue weighted by Crippen LogP contribution is 2.24. The summed E-state index contributed by atoms with van der Waals surface area (Å²) in [6.07, 6.45) is 0.109. The molecular weight excluding hydrogens is 336 g/mol. The number of hydrogen-bond donors (Lipinski definition) is 2. The Morgan fingerprint density at radius 1 is 1.50 bits per heavy atom. The number of amides is 2. The van der Waals surface area contributed by atoms with Gasteiger partial charge in [-0.25, -0.2) is 0 Å². The highest BCUT2D eigenvalue weighted by Gasteiger charge is 2.30. The molecule has 1 heterocycles. The molecule has 0 aliphatic carbocycles. The van der Waals surface area contributed by atoms with Gasteiger partial charge in [0.15, 0.2) is 0 Å². The Morgan fingerprint density at radius 3 is 2.83 bits per heavy atom. The number of thiocarbonyl (C=S) groups is 1. The number of para-hydroxylation sites is 1. The number of anilines is 1. The monoisotopic (exact) mass is 344 g/mol. The number of carbonyl (C=O) groups excluding carboxylic acids is 2. The fraction of sp³-hybridized carbons (Fsp3) is 0.182. The first-order valence-electron chi connectivity index (χ1n) is 5.12. The molecule has 1 saturated heterocycles. The number of rotatable bonds is 3. The molecule has 1 aromatic carbocycles. The van der Waals surface area contributed by atoms with Gasteiger partial charge in [-0.05, 0) is 28.1 Å². The molecule has 1 atom stereocenters. The quantitative estimate of drug-likeness (QED) is 0.826. The lowest BCUT2D eigenvalue weighted by atomic mass is 10.2. The molecule has 2 N–H and O–H groups in total. The Balaban J connectivity index is 1.95. The number of halogens is 1. The lowest BCUT2D eigenvalue weighted by Crippen LogP contribution is -2.27. The molecule has 0 radical (unpaired) electrons. The first-order chi connectivity index (χ1) is 8.56. The predicted molar refractivity (Wildman–Crippen MR) is 79.5 cm³/mol. The molecule has 0 saturated carbocycles. The summed E-state index contributed by atoms with van der Waals surface area (Å²) >= 11 is 9.42. The summed E-state index contributed by atoms with van der Waals surface area (Å²) in [5.74, 6) is -0.411. The van der Waals surface area contributed by atoms with E-state index in [-0.39, 0.29) is 18.2 Å². The fourth-order valence-corrected chi connectivity index (χ4v) is 3.11. The van der Waals surface area contributed by atoms with Crippen LogP contribution in [-0.4, -0.2) is 21.4 Å². The topological polar surface area (TPSA) is 58.2 Å². The van der Waals surface area contributed by atoms with E-state index in [1.807, 2.05) is 18.2 Å². The molecule has 0 bridgehead atoms. The number of carbonyl (C=O) groups is 2. The van der Waals surface area contributed by atoms with Gasteiger partial charge >= 0.3 is 0 Å². The zero-order valence-corrected chi connectivity index (χ0v) is 12.3. The van der Waals surface area contributed by atoms with Gasteiger partial charge in [-0.3, -0.25) is 9.59 Å². The molecule has 18 heavy (non-hydrogen) atoms. The molecular formula is C11H9BrN2O2S2. The zero-order chi connectivity index (χ0) is 13.1. The maximum Gasteiger partial charge on any atom is 0.239 e. The van der Waals surface area contributed by atoms with E-state index in [1.165, 1.54) is 11.8 Å². The third kappa shape index (κ3) is 3.30. The van der Waals surface area contributed by atoms with Crippen molar-refractivity contribution in [2.45, 2.75) is 11.7 Å². The van der Waals surface area contributed by atoms with E-state index in [4.69, 9.17) is 12.2 Å². The summed E-state index contributed by atoms with van der Waals surface area (Å²) in [4.78, 5) is 23.2. The van der Waals surface area contributed by atoms with Crippen LogP contribution in [0.25, 0.3) is 0 Å². The molecule has 7 heteroatoms. The second-order valence-electron chi connectivity index (χ2n) is 3.62. The SMILES string of the molecule is O=C(C[C@@H]1SC(=S)NC1=O)Nc1ccccc1Br. The van der Waals surface area contributed by atoms with Gasteiger partial charge in [0, 0.05) is 10.9 Å². The van der Waals surface area contributed by atoms with Gasteiger partial charge in [0.2, 0.25) is 11.8 Å². The van der Waals surface area contributed by atoms with Gasteiger partial charge < -0.3 is 10.6 Å². The molecule has 1 aromatic rings. The van der Waals surface area contributed by atoms with Crippen LogP contribution in [0.15, 0.2) is 28.7 Å². The van der Waals surface area contributed by atoms with Gasteiger partial charge in [-0.2, -0.15) is 0 Å². The standard InChI is InChI=1S/C11H9BrN2O2S2/c12-6-3-1-2-4-7(6)13-9(15)5-8-10(16)14-11(17)18-8/h1-4,8H,5H2,(H,13,15)(H,14,16,17)/t8-/m0/s1. The summed E-state index contributed by atoms with van der Waals surface area (Å²) < 4.78 is 1.23. The van der Waals surface area contributed by atoms with Crippen LogP contribution < -0.4 is 10.6 Å². The summed E-state index contributed by atoms with van der Waals surface area (Å²) in [7, 11) is 0. The van der Waals surface area contributed by atoms with Crippen molar-refractivity contribution < 1.29 is 9.59 Å². The van der Waals surface area contributed by atoms with E-state index in [0.717, 1.165) is 4.47 Å². The summed E-state index contributed by atoms with van der Waals surface area (Å²) in [6.45, 7) is 0. The summed E-state index contributed by atoms with van der Waals surface area (Å²) in [5.41, 5.74) is 0.688. The van der Waals surface area contributed by atoms with Crippen molar-refractivity contribution in [3.8, 4) is 0 Å². The zero-order valence-electron chi connectivity index (χ0n) is 9.10. The van der Waals surface area contributed by atoms with E-state index in [1.54, 1.807) is 6.07 Å². The third-order valence-corrected chi connectivity index (χ3v) is 4.35. The predicted octanol–water partition coefficient (Wildman–Crippen LogP) is 2.29. The van der Waals surface area contributed by atoms with Crippen molar-refractivity contribution in [3.63, 3.8) is 0 Å². The number of benzene rings is 1. The fourth-order valence-electron chi connectivity index (χ4n) is 1.46. The Morgan fingerprint density at radius 2 is 2.22 bits per heavy atom. The average Bonchev–Trinajstić information content (AvgIpc) is 2.61. The first-order valence-corrected chi connectivity index (χ1v) is 7.20. The number of nitrogens with one attached hydrogen (secondary N) is 2. The summed E-state index contributed by atoms with van der Waals surface area (Å²) in [6, 6.07) is 7.31. The minimum Gasteiger partial charge on any atom is -0.325 e. The normalized spacial score (nSPS) is 18.6. The van der Waals surface area contributed by atoms with Gasteiger partial charge in [0.05, 0.1) is 10.9 Å². The Labute approximate surface area is 122 Å². The molecule has 2 rings (SSSR count). The van der Waals surface area contributed by atoms with E-state index in [0.29, 0.717) is 10.0 Å². The van der Waals surface area contributed by atoms with Gasteiger partial charge in [-0.15, -0.1) is 0 Å². The lowest BCUT2D eigenvalue weighted by molar-refractivity contribution is -0.122. The molecule has 94 valence electrons. The van der Waals surface area contributed by atoms with Crippen LogP contribution in [0, 0.1) is 0 Å². The van der Waals surface area contributed by atoms with Crippen molar-refractivity contribution in [3.05, 3.63) is 28.7 Å². The Kier molecular flexibility index (Phi) is 4.36. The maximum absolute atomic E-state index is 11.8. The third-order valence-electron chi connectivity index (χ3n) is 2.29. The molecule has 1 aliphatic rings. The maximum atomic E-state index is 11.8. The molecule has 2 amide bonds. The molecule has 1 aliphatic heterocycles. The van der Waals surface area contributed by atoms with Crippen LogP contribution in [0.1, 0.15) is 6.42 Å². The molecule has 1 fully saturated rings. The van der Waals surface area contributed by atoms with Crippen LogP contribution in [0.4, 0.5) is 5.69 Å². The smallest absolute Gasteiger partial charge is 0.239 e. The second kappa shape index (κ2) is 5.81. The van der Waals surface area contributed by atoms with Crippen molar-refractivity contribution in [1.29, 1.82) is 0 Å². The Bertz CT molecular complexity index is 522. The van der Waals surface area contributed by atoms with Crippen LogP contribution in [0.5, 0.6) is 0 Å². The van der Waals surface area contributed by atoms with Crippen molar-refractivity contribution in [2.75, 3.05) is 5.32 Å². The van der Waals surface area contributed by atoms with Gasteiger partial charge in [0.1, 0.15) is 4.32 Å². The first kappa shape index (κ1) is 13.5. The molecule has 4 nitrogen and oxygen atoms in total. The van der Waals surface area contributed by atoms with Gasteiger partial charge in [0.25, 0.3) is 0 Å². The van der Waals surface area contributed by atoms with Crippen LogP contribution in [0.2, 0.25) is 0 Å². The van der Waals surface area contributed by atoms with Gasteiger partial charge in [-0.1, -0.05) is 36.1 Å². The number of hydrogen-bond acceptors (Lipinski definition) is 4. The van der Waals surface area contributed by atoms with E-state index >= 15 is 0 Å². The highest BCUT2D eigenvalue weighted by atomic mass is 79.9. The number of thioether (sulfide) groups is 1. The van der Waals surface area contributed by atoms with Crippen molar-refractivity contribution in [1.82, 2.24) is 5.32 Å². The van der Waals surface area contributed by atoms with Crippen LogP contribution in [0.3, 0.4) is 0 Å². The minimum absolute atomic E-state index is 0.109. The second-order valence-corrected chi connectivity index (χ2v) is 6.35. The summed E-state index contributed by atoms with van der Waals surface area (Å²) in [5, 5.41) is 4.83. The Hall–Kier alpha value is -0.920. The molecule has 0 aromatic heterocycles. The molecule has 0 unspecified atom stereocenters. The minimum atomic E-state index is -0.431. The van der Waals surface area contributed by atoms with Crippen LogP contribution >= 0.6 is 39.9 Å². The largest absolute Gasteiger partial charge is 0.325 e. The van der Waals surface area contributed by atoms with Crippen molar-refractivity contribution >= 4 is 61.7 Å². The van der Waals surface area contributed by atoms with E-state index in [9.17, 15) is 9.59 Å².